The molecule has 1 atom stereocenters. The highest BCUT2D eigenvalue weighted by Gasteiger charge is 2.45. The smallest absolute Gasteiger partial charge is 0.295 e. The number of likely N-dealkylation sites (tertiary alicyclic amines) is 1. The van der Waals surface area contributed by atoms with E-state index in [4.69, 9.17) is 14.6 Å². The van der Waals surface area contributed by atoms with Crippen LogP contribution in [0.15, 0.2) is 48.0 Å². The Morgan fingerprint density at radius 3 is 2.54 bits per heavy atom. The van der Waals surface area contributed by atoms with E-state index in [1.54, 1.807) is 36.4 Å². The van der Waals surface area contributed by atoms with Gasteiger partial charge in [-0.25, -0.2) is 0 Å². The summed E-state index contributed by atoms with van der Waals surface area (Å²) in [5, 5.41) is 20.3. The molecule has 1 amide bonds. The van der Waals surface area contributed by atoms with Crippen LogP contribution in [0.1, 0.15) is 56.3 Å². The lowest BCUT2D eigenvalue weighted by molar-refractivity contribution is -0.139. The predicted octanol–water partition coefficient (Wildman–Crippen LogP) is 4.62. The largest absolute Gasteiger partial charge is 0.507 e. The molecule has 7 nitrogen and oxygen atoms in total. The number of aryl methyl sites for hydroxylation is 1. The van der Waals surface area contributed by atoms with E-state index in [-0.39, 0.29) is 17.9 Å². The van der Waals surface area contributed by atoms with Gasteiger partial charge in [-0.1, -0.05) is 32.9 Å². The summed E-state index contributed by atoms with van der Waals surface area (Å²) in [5.41, 5.74) is 2.02. The van der Waals surface area contributed by atoms with Crippen LogP contribution in [0, 0.1) is 12.8 Å². The molecule has 0 saturated carbocycles. The quantitative estimate of drug-likeness (QED) is 0.210. The standard InChI is InChI=1S/C28H35NO6/c1-5-12-29-25(20-8-6-9-22(16-20)34-14-7-13-30)24(27(32)28(29)33)26(31)21-10-11-23(19(4)15-21)35-17-18(2)3/h6,8-11,15-16,18,25,30-31H,5,7,12-14,17H2,1-4H3/b26-24+. The van der Waals surface area contributed by atoms with Crippen LogP contribution in [0.25, 0.3) is 5.76 Å². The molecular weight excluding hydrogens is 446 g/mol. The van der Waals surface area contributed by atoms with Gasteiger partial charge in [-0.3, -0.25) is 9.59 Å². The van der Waals surface area contributed by atoms with E-state index in [2.05, 4.69) is 13.8 Å². The molecule has 0 radical (unpaired) electrons. The van der Waals surface area contributed by atoms with Crippen molar-refractivity contribution in [2.45, 2.75) is 46.6 Å². The number of benzene rings is 2. The van der Waals surface area contributed by atoms with Crippen LogP contribution in [0.5, 0.6) is 11.5 Å². The van der Waals surface area contributed by atoms with Crippen molar-refractivity contribution in [3.8, 4) is 11.5 Å². The molecule has 1 saturated heterocycles. The summed E-state index contributed by atoms with van der Waals surface area (Å²) < 4.78 is 11.5. The Balaban J connectivity index is 2.04. The number of amides is 1. The summed E-state index contributed by atoms with van der Waals surface area (Å²) in [6.45, 7) is 9.27. The molecule has 7 heteroatoms. The Labute approximate surface area is 207 Å². The Morgan fingerprint density at radius 1 is 1.11 bits per heavy atom. The molecule has 1 fully saturated rings. The van der Waals surface area contributed by atoms with E-state index in [0.29, 0.717) is 61.1 Å². The molecule has 2 N–H and O–H groups in total. The van der Waals surface area contributed by atoms with Gasteiger partial charge in [0.25, 0.3) is 11.7 Å². The molecule has 35 heavy (non-hydrogen) atoms. The van der Waals surface area contributed by atoms with E-state index < -0.39 is 17.7 Å². The highest BCUT2D eigenvalue weighted by atomic mass is 16.5. The Hall–Kier alpha value is -3.32. The van der Waals surface area contributed by atoms with Crippen molar-refractivity contribution in [2.75, 3.05) is 26.4 Å². The van der Waals surface area contributed by atoms with Crippen LogP contribution in [0.3, 0.4) is 0 Å². The molecule has 1 aliphatic heterocycles. The Kier molecular flexibility index (Phi) is 8.93. The SMILES string of the molecule is CCCN1C(=O)C(=O)/C(=C(/O)c2ccc(OCC(C)C)c(C)c2)C1c1cccc(OCCCO)c1. The molecular formula is C28H35NO6. The predicted molar refractivity (Wildman–Crippen MR) is 134 cm³/mol. The number of carbonyl (C=O) groups excluding carboxylic acids is 2. The molecule has 0 aliphatic carbocycles. The number of rotatable bonds is 11. The van der Waals surface area contributed by atoms with E-state index in [1.165, 1.54) is 4.90 Å². The second kappa shape index (κ2) is 11.9. The van der Waals surface area contributed by atoms with Crippen molar-refractivity contribution in [3.63, 3.8) is 0 Å². The van der Waals surface area contributed by atoms with Gasteiger partial charge in [0.05, 0.1) is 24.8 Å². The maximum absolute atomic E-state index is 13.1. The van der Waals surface area contributed by atoms with Gasteiger partial charge in [-0.2, -0.15) is 0 Å². The van der Waals surface area contributed by atoms with E-state index >= 15 is 0 Å². The average molecular weight is 482 g/mol. The lowest BCUT2D eigenvalue weighted by Gasteiger charge is -2.25. The molecule has 1 aliphatic rings. The Bertz CT molecular complexity index is 1090. The number of hydrogen-bond acceptors (Lipinski definition) is 6. The molecule has 0 bridgehead atoms. The van der Waals surface area contributed by atoms with Crippen molar-refractivity contribution in [1.29, 1.82) is 0 Å². The van der Waals surface area contributed by atoms with Crippen LogP contribution in [0.2, 0.25) is 0 Å². The lowest BCUT2D eigenvalue weighted by Crippen LogP contribution is -2.30. The van der Waals surface area contributed by atoms with Crippen LogP contribution in [0.4, 0.5) is 0 Å². The first-order valence-electron chi connectivity index (χ1n) is 12.1. The van der Waals surface area contributed by atoms with Crippen LogP contribution < -0.4 is 9.47 Å². The van der Waals surface area contributed by atoms with Crippen molar-refractivity contribution >= 4 is 17.4 Å². The zero-order valence-corrected chi connectivity index (χ0v) is 20.9. The summed E-state index contributed by atoms with van der Waals surface area (Å²) in [6, 6.07) is 11.7. The fourth-order valence-electron chi connectivity index (χ4n) is 4.10. The fourth-order valence-corrected chi connectivity index (χ4v) is 4.10. The highest BCUT2D eigenvalue weighted by molar-refractivity contribution is 6.46. The molecule has 188 valence electrons. The van der Waals surface area contributed by atoms with Crippen molar-refractivity contribution in [1.82, 2.24) is 4.90 Å². The monoisotopic (exact) mass is 481 g/mol. The second-order valence-corrected chi connectivity index (χ2v) is 9.18. The summed E-state index contributed by atoms with van der Waals surface area (Å²) >= 11 is 0. The van der Waals surface area contributed by atoms with E-state index in [1.807, 2.05) is 19.9 Å². The number of aliphatic hydroxyl groups is 2. The minimum Gasteiger partial charge on any atom is -0.507 e. The molecule has 1 unspecified atom stereocenters. The topological polar surface area (TPSA) is 96.3 Å². The zero-order chi connectivity index (χ0) is 25.5. The normalized spacial score (nSPS) is 17.3. The highest BCUT2D eigenvalue weighted by Crippen LogP contribution is 2.40. The summed E-state index contributed by atoms with van der Waals surface area (Å²) in [4.78, 5) is 27.6. The number of ether oxygens (including phenoxy) is 2. The third-order valence-electron chi connectivity index (χ3n) is 5.77. The maximum Gasteiger partial charge on any atom is 0.295 e. The summed E-state index contributed by atoms with van der Waals surface area (Å²) in [7, 11) is 0. The minimum absolute atomic E-state index is 0.0249. The average Bonchev–Trinajstić information content (AvgIpc) is 3.08. The van der Waals surface area contributed by atoms with Gasteiger partial charge >= 0.3 is 0 Å². The van der Waals surface area contributed by atoms with Crippen LogP contribution in [-0.4, -0.2) is 53.2 Å². The molecule has 1 heterocycles. The van der Waals surface area contributed by atoms with Crippen molar-refractivity contribution < 1.29 is 29.3 Å². The maximum atomic E-state index is 13.1. The summed E-state index contributed by atoms with van der Waals surface area (Å²) in [5.74, 6) is 0.118. The molecule has 0 aromatic heterocycles. The molecule has 2 aromatic carbocycles. The first-order valence-corrected chi connectivity index (χ1v) is 12.1. The minimum atomic E-state index is -0.728. The number of Topliss-reactive ketones (excluding diaryl/α,β-unsaturated/α-hetero) is 1. The zero-order valence-electron chi connectivity index (χ0n) is 20.9. The van der Waals surface area contributed by atoms with Gasteiger partial charge in [-0.15, -0.1) is 0 Å². The van der Waals surface area contributed by atoms with Crippen molar-refractivity contribution in [2.24, 2.45) is 5.92 Å². The van der Waals surface area contributed by atoms with Gasteiger partial charge in [-0.05, 0) is 60.7 Å². The van der Waals surface area contributed by atoms with Gasteiger partial charge < -0.3 is 24.6 Å². The number of carbonyl (C=O) groups is 2. The van der Waals surface area contributed by atoms with E-state index in [0.717, 1.165) is 5.56 Å². The van der Waals surface area contributed by atoms with Gasteiger partial charge in [0.2, 0.25) is 0 Å². The summed E-state index contributed by atoms with van der Waals surface area (Å²) in [6.07, 6.45) is 1.16. The molecule has 2 aromatic rings. The second-order valence-electron chi connectivity index (χ2n) is 9.18. The first kappa shape index (κ1) is 26.3. The number of ketones is 1. The van der Waals surface area contributed by atoms with Gasteiger partial charge in [0.15, 0.2) is 0 Å². The number of hydrogen-bond donors (Lipinski definition) is 2. The fraction of sp³-hybridized carbons (Fsp3) is 0.429. The third-order valence-corrected chi connectivity index (χ3v) is 5.77. The van der Waals surface area contributed by atoms with Crippen LogP contribution in [-0.2, 0) is 9.59 Å². The lowest BCUT2D eigenvalue weighted by atomic mass is 9.94. The third kappa shape index (κ3) is 6.03. The Morgan fingerprint density at radius 2 is 1.89 bits per heavy atom. The van der Waals surface area contributed by atoms with Crippen molar-refractivity contribution in [3.05, 3.63) is 64.7 Å². The van der Waals surface area contributed by atoms with Crippen LogP contribution >= 0.6 is 0 Å². The molecule has 3 rings (SSSR count). The molecule has 0 spiro atoms. The first-order chi connectivity index (χ1) is 16.8. The number of nitrogens with zero attached hydrogens (tertiary/aromatic N) is 1. The van der Waals surface area contributed by atoms with Gasteiger partial charge in [0.1, 0.15) is 17.3 Å². The number of aliphatic hydroxyl groups excluding tert-OH is 2. The van der Waals surface area contributed by atoms with Gasteiger partial charge in [0, 0.05) is 25.1 Å². The van der Waals surface area contributed by atoms with E-state index in [9.17, 15) is 14.7 Å².